The first-order valence-corrected chi connectivity index (χ1v) is 5.98. The van der Waals surface area contributed by atoms with Gasteiger partial charge in [0.25, 0.3) is 0 Å². The lowest BCUT2D eigenvalue weighted by molar-refractivity contribution is -0.142. The fraction of sp³-hybridized carbons (Fsp3) is 0.429. The summed E-state index contributed by atoms with van der Waals surface area (Å²) < 4.78 is 0. The quantitative estimate of drug-likeness (QED) is 0.835. The number of amides is 1. The van der Waals surface area contributed by atoms with Gasteiger partial charge in [-0.2, -0.15) is 0 Å². The Morgan fingerprint density at radius 1 is 1.22 bits per heavy atom. The summed E-state index contributed by atoms with van der Waals surface area (Å²) in [5, 5.41) is 11.5. The molecule has 0 heterocycles. The molecule has 1 aromatic rings. The molecule has 0 fully saturated rings. The minimum absolute atomic E-state index is 0.153. The van der Waals surface area contributed by atoms with Gasteiger partial charge in [0.15, 0.2) is 0 Å². The molecular formula is C14H19NO3. The van der Waals surface area contributed by atoms with Crippen molar-refractivity contribution in [3.05, 3.63) is 35.4 Å². The largest absolute Gasteiger partial charge is 0.481 e. The van der Waals surface area contributed by atoms with Crippen LogP contribution in [0, 0.1) is 12.8 Å². The lowest BCUT2D eigenvalue weighted by Crippen LogP contribution is -2.40. The molecule has 0 radical (unpaired) electrons. The molecule has 1 aromatic carbocycles. The van der Waals surface area contributed by atoms with Gasteiger partial charge in [-0.3, -0.25) is 9.59 Å². The van der Waals surface area contributed by atoms with E-state index >= 15 is 0 Å². The van der Waals surface area contributed by atoms with E-state index in [-0.39, 0.29) is 18.4 Å². The van der Waals surface area contributed by atoms with Gasteiger partial charge in [-0.25, -0.2) is 0 Å². The zero-order valence-electron chi connectivity index (χ0n) is 10.9. The SMILES string of the molecule is Cc1ccc(CC(=O)NC(C)C(C)C(=O)O)cc1. The van der Waals surface area contributed by atoms with Crippen LogP contribution in [0.4, 0.5) is 0 Å². The first-order chi connectivity index (χ1) is 8.40. The number of carbonyl (C=O) groups is 2. The summed E-state index contributed by atoms with van der Waals surface area (Å²) in [6.07, 6.45) is 0.275. The van der Waals surface area contributed by atoms with E-state index < -0.39 is 11.9 Å². The van der Waals surface area contributed by atoms with E-state index in [1.54, 1.807) is 13.8 Å². The van der Waals surface area contributed by atoms with Crippen LogP contribution in [0.15, 0.2) is 24.3 Å². The number of carboxylic acids is 1. The Hall–Kier alpha value is -1.84. The fourth-order valence-electron chi connectivity index (χ4n) is 1.54. The number of nitrogens with one attached hydrogen (secondary N) is 1. The Balaban J connectivity index is 2.51. The average Bonchev–Trinajstić information content (AvgIpc) is 2.30. The summed E-state index contributed by atoms with van der Waals surface area (Å²) in [7, 11) is 0. The standard InChI is InChI=1S/C14H19NO3/c1-9-4-6-12(7-5-9)8-13(16)15-11(3)10(2)14(17)18/h4-7,10-11H,8H2,1-3H3,(H,15,16)(H,17,18). The van der Waals surface area contributed by atoms with Crippen LogP contribution in [0.2, 0.25) is 0 Å². The van der Waals surface area contributed by atoms with Crippen molar-refractivity contribution in [1.29, 1.82) is 0 Å². The molecule has 2 N–H and O–H groups in total. The van der Waals surface area contributed by atoms with Crippen molar-refractivity contribution in [1.82, 2.24) is 5.32 Å². The highest BCUT2D eigenvalue weighted by Crippen LogP contribution is 2.06. The van der Waals surface area contributed by atoms with Gasteiger partial charge in [-0.15, -0.1) is 0 Å². The Kier molecular flexibility index (Phi) is 4.89. The van der Waals surface area contributed by atoms with Crippen molar-refractivity contribution >= 4 is 11.9 Å². The molecule has 2 unspecified atom stereocenters. The molecule has 0 saturated carbocycles. The number of rotatable bonds is 5. The fourth-order valence-corrected chi connectivity index (χ4v) is 1.54. The summed E-state index contributed by atoms with van der Waals surface area (Å²) in [4.78, 5) is 22.5. The van der Waals surface area contributed by atoms with Gasteiger partial charge in [0.2, 0.25) is 5.91 Å². The highest BCUT2D eigenvalue weighted by molar-refractivity contribution is 5.80. The average molecular weight is 249 g/mol. The summed E-state index contributed by atoms with van der Waals surface area (Å²) in [6, 6.07) is 7.33. The van der Waals surface area contributed by atoms with E-state index in [0.29, 0.717) is 0 Å². The Labute approximate surface area is 107 Å². The summed E-state index contributed by atoms with van der Waals surface area (Å²) in [5.74, 6) is -1.65. The molecule has 0 aliphatic carbocycles. The third-order valence-electron chi connectivity index (χ3n) is 3.01. The number of aryl methyl sites for hydroxylation is 1. The van der Waals surface area contributed by atoms with E-state index in [0.717, 1.165) is 11.1 Å². The van der Waals surface area contributed by atoms with Crippen molar-refractivity contribution in [3.8, 4) is 0 Å². The predicted molar refractivity (Wildman–Crippen MR) is 69.3 cm³/mol. The van der Waals surface area contributed by atoms with Gasteiger partial charge in [0.1, 0.15) is 0 Å². The number of hydrogen-bond acceptors (Lipinski definition) is 2. The van der Waals surface area contributed by atoms with Crippen molar-refractivity contribution < 1.29 is 14.7 Å². The maximum Gasteiger partial charge on any atom is 0.308 e. The molecule has 4 nitrogen and oxygen atoms in total. The Morgan fingerprint density at radius 3 is 2.28 bits per heavy atom. The van der Waals surface area contributed by atoms with Crippen LogP contribution < -0.4 is 5.32 Å². The number of benzene rings is 1. The highest BCUT2D eigenvalue weighted by atomic mass is 16.4. The zero-order chi connectivity index (χ0) is 13.7. The van der Waals surface area contributed by atoms with Crippen LogP contribution >= 0.6 is 0 Å². The molecule has 18 heavy (non-hydrogen) atoms. The van der Waals surface area contributed by atoms with Gasteiger partial charge >= 0.3 is 5.97 Å². The number of hydrogen-bond donors (Lipinski definition) is 2. The van der Waals surface area contributed by atoms with Crippen molar-refractivity contribution in [2.24, 2.45) is 5.92 Å². The maximum atomic E-state index is 11.7. The van der Waals surface area contributed by atoms with Crippen LogP contribution in [-0.4, -0.2) is 23.0 Å². The van der Waals surface area contributed by atoms with Gasteiger partial charge in [0, 0.05) is 6.04 Å². The number of aliphatic carboxylic acids is 1. The van der Waals surface area contributed by atoms with Crippen molar-refractivity contribution in [2.45, 2.75) is 33.2 Å². The zero-order valence-corrected chi connectivity index (χ0v) is 10.9. The summed E-state index contributed by atoms with van der Waals surface area (Å²) >= 11 is 0. The summed E-state index contributed by atoms with van der Waals surface area (Å²) in [6.45, 7) is 5.27. The second-order valence-corrected chi connectivity index (χ2v) is 4.65. The van der Waals surface area contributed by atoms with E-state index in [4.69, 9.17) is 5.11 Å². The Morgan fingerprint density at radius 2 is 1.78 bits per heavy atom. The van der Waals surface area contributed by atoms with E-state index in [1.165, 1.54) is 0 Å². The lowest BCUT2D eigenvalue weighted by Gasteiger charge is -2.17. The van der Waals surface area contributed by atoms with Crippen LogP contribution in [0.1, 0.15) is 25.0 Å². The highest BCUT2D eigenvalue weighted by Gasteiger charge is 2.20. The van der Waals surface area contributed by atoms with Gasteiger partial charge in [-0.05, 0) is 26.3 Å². The maximum absolute atomic E-state index is 11.7. The third kappa shape index (κ3) is 4.20. The smallest absolute Gasteiger partial charge is 0.308 e. The number of carboxylic acid groups (broad SMARTS) is 1. The first-order valence-electron chi connectivity index (χ1n) is 5.98. The van der Waals surface area contributed by atoms with Crippen LogP contribution in [-0.2, 0) is 16.0 Å². The van der Waals surface area contributed by atoms with Crippen LogP contribution in [0.5, 0.6) is 0 Å². The molecule has 0 aliphatic heterocycles. The van der Waals surface area contributed by atoms with E-state index in [9.17, 15) is 9.59 Å². The minimum Gasteiger partial charge on any atom is -0.481 e. The van der Waals surface area contributed by atoms with E-state index in [2.05, 4.69) is 5.32 Å². The molecule has 0 spiro atoms. The van der Waals surface area contributed by atoms with Crippen molar-refractivity contribution in [3.63, 3.8) is 0 Å². The third-order valence-corrected chi connectivity index (χ3v) is 3.01. The minimum atomic E-state index is -0.905. The first kappa shape index (κ1) is 14.2. The second kappa shape index (κ2) is 6.19. The molecule has 0 saturated heterocycles. The molecule has 0 bridgehead atoms. The lowest BCUT2D eigenvalue weighted by atomic mass is 10.0. The molecular weight excluding hydrogens is 230 g/mol. The van der Waals surface area contributed by atoms with Gasteiger partial charge in [0.05, 0.1) is 12.3 Å². The van der Waals surface area contributed by atoms with E-state index in [1.807, 2.05) is 31.2 Å². The molecule has 4 heteroatoms. The molecule has 98 valence electrons. The van der Waals surface area contributed by atoms with Crippen molar-refractivity contribution in [2.75, 3.05) is 0 Å². The second-order valence-electron chi connectivity index (χ2n) is 4.65. The van der Waals surface area contributed by atoms with Gasteiger partial charge < -0.3 is 10.4 Å². The molecule has 1 amide bonds. The number of carbonyl (C=O) groups excluding carboxylic acids is 1. The van der Waals surface area contributed by atoms with Crippen LogP contribution in [0.25, 0.3) is 0 Å². The van der Waals surface area contributed by atoms with Crippen LogP contribution in [0.3, 0.4) is 0 Å². The normalized spacial score (nSPS) is 13.7. The topological polar surface area (TPSA) is 66.4 Å². The predicted octanol–water partition coefficient (Wildman–Crippen LogP) is 1.76. The summed E-state index contributed by atoms with van der Waals surface area (Å²) in [5.41, 5.74) is 2.07. The monoisotopic (exact) mass is 249 g/mol. The molecule has 2 atom stereocenters. The van der Waals surface area contributed by atoms with Gasteiger partial charge in [-0.1, -0.05) is 29.8 Å². The molecule has 1 rings (SSSR count). The molecule has 0 aromatic heterocycles. The Bertz CT molecular complexity index is 425. The molecule has 0 aliphatic rings.